The van der Waals surface area contributed by atoms with Gasteiger partial charge < -0.3 is 4.42 Å². The molecule has 0 aliphatic rings. The Morgan fingerprint density at radius 2 is 1.92 bits per heavy atom. The minimum absolute atomic E-state index is 0.295. The molecular formula is C19H19NO3S2. The predicted octanol–water partition coefficient (Wildman–Crippen LogP) is 4.39. The zero-order valence-electron chi connectivity index (χ0n) is 13.6. The fourth-order valence-corrected chi connectivity index (χ4v) is 4.26. The van der Waals surface area contributed by atoms with Crippen LogP contribution in [0.5, 0.6) is 0 Å². The molecule has 0 aliphatic carbocycles. The van der Waals surface area contributed by atoms with Gasteiger partial charge in [-0.15, -0.1) is 11.3 Å². The first-order chi connectivity index (χ1) is 12.1. The first-order valence-electron chi connectivity index (χ1n) is 7.90. The molecule has 4 nitrogen and oxygen atoms in total. The minimum atomic E-state index is -3.53. The summed E-state index contributed by atoms with van der Waals surface area (Å²) in [6.45, 7) is 0.719. The van der Waals surface area contributed by atoms with Gasteiger partial charge in [0.15, 0.2) is 0 Å². The Balaban J connectivity index is 1.77. The molecule has 3 rings (SSSR count). The van der Waals surface area contributed by atoms with E-state index in [9.17, 15) is 8.42 Å². The molecule has 0 bridgehead atoms. The number of benzene rings is 1. The third-order valence-electron chi connectivity index (χ3n) is 3.72. The Hall–Kier alpha value is -2.15. The molecule has 0 spiro atoms. The maximum Gasteiger partial charge on any atom is 0.236 e. The molecular weight excluding hydrogens is 354 g/mol. The van der Waals surface area contributed by atoms with E-state index in [0.29, 0.717) is 19.5 Å². The van der Waals surface area contributed by atoms with Gasteiger partial charge in [-0.2, -0.15) is 4.31 Å². The van der Waals surface area contributed by atoms with Crippen LogP contribution < -0.4 is 0 Å². The van der Waals surface area contributed by atoms with Crippen molar-refractivity contribution in [3.8, 4) is 0 Å². The van der Waals surface area contributed by atoms with Crippen LogP contribution in [0.3, 0.4) is 0 Å². The Morgan fingerprint density at radius 3 is 2.60 bits per heavy atom. The quantitative estimate of drug-likeness (QED) is 0.588. The number of nitrogens with zero attached hydrogens (tertiary/aromatic N) is 1. The van der Waals surface area contributed by atoms with Crippen LogP contribution in [-0.2, 0) is 23.0 Å². The van der Waals surface area contributed by atoms with Gasteiger partial charge in [-0.05, 0) is 35.6 Å². The minimum Gasteiger partial charge on any atom is -0.472 e. The van der Waals surface area contributed by atoms with Crippen molar-refractivity contribution in [2.75, 3.05) is 6.54 Å². The fraction of sp³-hybridized carbons (Fsp3) is 0.158. The van der Waals surface area contributed by atoms with Gasteiger partial charge in [-0.1, -0.05) is 36.4 Å². The predicted molar refractivity (Wildman–Crippen MR) is 102 cm³/mol. The van der Waals surface area contributed by atoms with E-state index in [1.807, 2.05) is 47.8 Å². The molecule has 0 amide bonds. The Kier molecular flexibility index (Phi) is 5.86. The second-order valence-corrected chi connectivity index (χ2v) is 8.40. The molecule has 2 heterocycles. The monoisotopic (exact) mass is 373 g/mol. The molecule has 0 unspecified atom stereocenters. The van der Waals surface area contributed by atoms with Crippen LogP contribution >= 0.6 is 11.3 Å². The van der Waals surface area contributed by atoms with E-state index in [1.54, 1.807) is 36.0 Å². The third-order valence-corrected chi connectivity index (χ3v) is 6.17. The second kappa shape index (κ2) is 8.29. The van der Waals surface area contributed by atoms with Crippen molar-refractivity contribution in [2.24, 2.45) is 0 Å². The van der Waals surface area contributed by atoms with E-state index in [-0.39, 0.29) is 0 Å². The van der Waals surface area contributed by atoms with Crippen LogP contribution in [0.1, 0.15) is 16.0 Å². The zero-order chi connectivity index (χ0) is 17.5. The summed E-state index contributed by atoms with van der Waals surface area (Å²) in [7, 11) is -3.53. The molecule has 0 radical (unpaired) electrons. The molecule has 3 aromatic rings. The molecule has 0 fully saturated rings. The van der Waals surface area contributed by atoms with Crippen molar-refractivity contribution in [2.45, 2.75) is 13.0 Å². The first kappa shape index (κ1) is 17.7. The van der Waals surface area contributed by atoms with E-state index < -0.39 is 10.0 Å². The van der Waals surface area contributed by atoms with Gasteiger partial charge in [0.25, 0.3) is 0 Å². The van der Waals surface area contributed by atoms with E-state index in [4.69, 9.17) is 4.42 Å². The van der Waals surface area contributed by atoms with Gasteiger partial charge in [0.05, 0.1) is 12.5 Å². The fourth-order valence-electron chi connectivity index (χ4n) is 2.39. The van der Waals surface area contributed by atoms with Crippen molar-refractivity contribution < 1.29 is 12.8 Å². The van der Waals surface area contributed by atoms with Gasteiger partial charge in [0.2, 0.25) is 10.0 Å². The Bertz CT molecular complexity index is 884. The summed E-state index contributed by atoms with van der Waals surface area (Å²) < 4.78 is 32.2. The van der Waals surface area contributed by atoms with Crippen molar-refractivity contribution in [3.05, 3.63) is 87.8 Å². The van der Waals surface area contributed by atoms with Gasteiger partial charge in [-0.25, -0.2) is 8.42 Å². The van der Waals surface area contributed by atoms with E-state index >= 15 is 0 Å². The normalized spacial score (nSPS) is 12.2. The number of furan rings is 1. The van der Waals surface area contributed by atoms with Crippen LogP contribution in [0.25, 0.3) is 6.08 Å². The SMILES string of the molecule is O=S(=O)(/C=C/c1ccccc1)N(CCc1cccs1)Cc1ccoc1. The van der Waals surface area contributed by atoms with Gasteiger partial charge in [0.1, 0.15) is 0 Å². The molecule has 1 aromatic carbocycles. The first-order valence-corrected chi connectivity index (χ1v) is 10.3. The number of sulfonamides is 1. The molecule has 0 saturated heterocycles. The number of rotatable bonds is 8. The molecule has 0 saturated carbocycles. The Morgan fingerprint density at radius 1 is 1.08 bits per heavy atom. The summed E-state index contributed by atoms with van der Waals surface area (Å²) in [5, 5.41) is 3.27. The van der Waals surface area contributed by atoms with Crippen LogP contribution in [0.4, 0.5) is 0 Å². The maximum absolute atomic E-state index is 12.8. The standard InChI is InChI=1S/C19H19NO3S2/c21-25(22,14-10-17-5-2-1-3-6-17)20(15-18-9-12-23-16-18)11-8-19-7-4-13-24-19/h1-7,9-10,12-14,16H,8,11,15H2/b14-10+. The highest BCUT2D eigenvalue weighted by molar-refractivity contribution is 7.92. The lowest BCUT2D eigenvalue weighted by atomic mass is 10.2. The number of hydrogen-bond acceptors (Lipinski definition) is 4. The molecule has 6 heteroatoms. The lowest BCUT2D eigenvalue weighted by Gasteiger charge is -2.19. The van der Waals surface area contributed by atoms with Crippen molar-refractivity contribution in [1.29, 1.82) is 0 Å². The van der Waals surface area contributed by atoms with Crippen molar-refractivity contribution in [1.82, 2.24) is 4.31 Å². The summed E-state index contributed by atoms with van der Waals surface area (Å²) in [5.41, 5.74) is 1.69. The molecule has 0 N–H and O–H groups in total. The van der Waals surface area contributed by atoms with E-state index in [1.165, 1.54) is 14.6 Å². The van der Waals surface area contributed by atoms with E-state index in [2.05, 4.69) is 0 Å². The highest BCUT2D eigenvalue weighted by atomic mass is 32.2. The Labute approximate surface area is 152 Å². The van der Waals surface area contributed by atoms with Crippen LogP contribution in [-0.4, -0.2) is 19.3 Å². The summed E-state index contributed by atoms with van der Waals surface area (Å²) in [5.74, 6) is 0. The van der Waals surface area contributed by atoms with Gasteiger partial charge >= 0.3 is 0 Å². The summed E-state index contributed by atoms with van der Waals surface area (Å²) >= 11 is 1.64. The van der Waals surface area contributed by atoms with Crippen molar-refractivity contribution >= 4 is 27.4 Å². The average Bonchev–Trinajstić information content (AvgIpc) is 3.31. The molecule has 0 aliphatic heterocycles. The third kappa shape index (κ3) is 5.16. The lowest BCUT2D eigenvalue weighted by Crippen LogP contribution is -2.30. The second-order valence-electron chi connectivity index (χ2n) is 5.55. The van der Waals surface area contributed by atoms with Gasteiger partial charge in [-0.3, -0.25) is 0 Å². The molecule has 0 atom stereocenters. The van der Waals surface area contributed by atoms with Gasteiger partial charge in [0, 0.05) is 28.9 Å². The maximum atomic E-state index is 12.8. The molecule has 130 valence electrons. The zero-order valence-corrected chi connectivity index (χ0v) is 15.2. The van der Waals surface area contributed by atoms with Crippen LogP contribution in [0.2, 0.25) is 0 Å². The largest absolute Gasteiger partial charge is 0.472 e. The number of hydrogen-bond donors (Lipinski definition) is 0. The average molecular weight is 373 g/mol. The highest BCUT2D eigenvalue weighted by Gasteiger charge is 2.20. The van der Waals surface area contributed by atoms with Crippen LogP contribution in [0, 0.1) is 0 Å². The lowest BCUT2D eigenvalue weighted by molar-refractivity contribution is 0.414. The smallest absolute Gasteiger partial charge is 0.236 e. The topological polar surface area (TPSA) is 50.5 Å². The molecule has 2 aromatic heterocycles. The summed E-state index contributed by atoms with van der Waals surface area (Å²) in [4.78, 5) is 1.17. The van der Waals surface area contributed by atoms with E-state index in [0.717, 1.165) is 11.1 Å². The number of thiophene rings is 1. The summed E-state index contributed by atoms with van der Waals surface area (Å²) in [6.07, 6.45) is 5.45. The molecule has 25 heavy (non-hydrogen) atoms. The highest BCUT2D eigenvalue weighted by Crippen LogP contribution is 2.16. The summed E-state index contributed by atoms with van der Waals surface area (Å²) in [6, 6.07) is 15.2. The van der Waals surface area contributed by atoms with Crippen LogP contribution in [0.15, 0.2) is 76.3 Å². The van der Waals surface area contributed by atoms with Crippen molar-refractivity contribution in [3.63, 3.8) is 0 Å².